The quantitative estimate of drug-likeness (QED) is 0.868. The summed E-state index contributed by atoms with van der Waals surface area (Å²) in [6, 6.07) is 4.41. The first kappa shape index (κ1) is 13.3. The number of carbonyl (C=O) groups excluding carboxylic acids is 1. The van der Waals surface area contributed by atoms with Crippen LogP contribution in [0.25, 0.3) is 0 Å². The van der Waals surface area contributed by atoms with Crippen LogP contribution in [0.15, 0.2) is 12.1 Å². The standard InChI is InChI=1S/C16H23NO/c1-11-9-12(2)15(13(3)10-11)16(14(4)18)5-7-17-8-6-16/h9-10,17H,5-8H2,1-4H3. The number of ketones is 1. The zero-order valence-electron chi connectivity index (χ0n) is 11.9. The van der Waals surface area contributed by atoms with Crippen molar-refractivity contribution in [3.05, 3.63) is 34.4 Å². The van der Waals surface area contributed by atoms with Gasteiger partial charge in [-0.3, -0.25) is 4.79 Å². The summed E-state index contributed by atoms with van der Waals surface area (Å²) >= 11 is 0. The van der Waals surface area contributed by atoms with Crippen LogP contribution in [-0.4, -0.2) is 18.9 Å². The molecule has 0 saturated carbocycles. The van der Waals surface area contributed by atoms with E-state index in [1.54, 1.807) is 6.92 Å². The van der Waals surface area contributed by atoms with Crippen LogP contribution in [0.4, 0.5) is 0 Å². The Hall–Kier alpha value is -1.15. The van der Waals surface area contributed by atoms with Crippen LogP contribution in [0.2, 0.25) is 0 Å². The second-order valence-corrected chi connectivity index (χ2v) is 5.66. The summed E-state index contributed by atoms with van der Waals surface area (Å²) in [4.78, 5) is 12.3. The highest BCUT2D eigenvalue weighted by atomic mass is 16.1. The molecule has 0 radical (unpaired) electrons. The Kier molecular flexibility index (Phi) is 3.58. The minimum Gasteiger partial charge on any atom is -0.317 e. The van der Waals surface area contributed by atoms with Gasteiger partial charge in [-0.25, -0.2) is 0 Å². The van der Waals surface area contributed by atoms with E-state index in [1.807, 2.05) is 0 Å². The van der Waals surface area contributed by atoms with Gasteiger partial charge in [-0.05, 0) is 70.3 Å². The first-order chi connectivity index (χ1) is 8.47. The number of piperidine rings is 1. The molecule has 0 atom stereocenters. The third kappa shape index (κ3) is 2.10. The van der Waals surface area contributed by atoms with Gasteiger partial charge >= 0.3 is 0 Å². The van der Waals surface area contributed by atoms with Crippen LogP contribution in [0.5, 0.6) is 0 Å². The lowest BCUT2D eigenvalue weighted by atomic mass is 9.67. The SMILES string of the molecule is CC(=O)C1(c2c(C)cc(C)cc2C)CCNCC1. The molecule has 0 spiro atoms. The molecular weight excluding hydrogens is 222 g/mol. The van der Waals surface area contributed by atoms with Crippen molar-refractivity contribution in [2.24, 2.45) is 0 Å². The van der Waals surface area contributed by atoms with E-state index in [-0.39, 0.29) is 5.41 Å². The van der Waals surface area contributed by atoms with E-state index >= 15 is 0 Å². The third-order valence-corrected chi connectivity index (χ3v) is 4.29. The smallest absolute Gasteiger partial charge is 0.140 e. The van der Waals surface area contributed by atoms with Gasteiger partial charge in [-0.1, -0.05) is 17.7 Å². The van der Waals surface area contributed by atoms with E-state index in [0.717, 1.165) is 25.9 Å². The van der Waals surface area contributed by atoms with Crippen molar-refractivity contribution >= 4 is 5.78 Å². The molecule has 1 heterocycles. The average Bonchev–Trinajstić information content (AvgIpc) is 2.28. The fraction of sp³-hybridized carbons (Fsp3) is 0.562. The zero-order valence-corrected chi connectivity index (χ0v) is 11.9. The summed E-state index contributed by atoms with van der Waals surface area (Å²) in [5.41, 5.74) is 4.84. The molecule has 1 N–H and O–H groups in total. The molecule has 1 aliphatic rings. The molecule has 0 amide bonds. The minimum atomic E-state index is -0.257. The molecule has 2 heteroatoms. The third-order valence-electron chi connectivity index (χ3n) is 4.29. The molecule has 0 bridgehead atoms. The van der Waals surface area contributed by atoms with Gasteiger partial charge in [-0.15, -0.1) is 0 Å². The molecule has 0 aliphatic carbocycles. The van der Waals surface area contributed by atoms with Crippen LogP contribution < -0.4 is 5.32 Å². The van der Waals surface area contributed by atoms with E-state index in [0.29, 0.717) is 5.78 Å². The van der Waals surface area contributed by atoms with E-state index in [1.165, 1.54) is 22.3 Å². The number of aryl methyl sites for hydroxylation is 3. The summed E-state index contributed by atoms with van der Waals surface area (Å²) in [6.45, 7) is 10.0. The van der Waals surface area contributed by atoms with E-state index < -0.39 is 0 Å². The van der Waals surface area contributed by atoms with Crippen LogP contribution in [-0.2, 0) is 10.2 Å². The van der Waals surface area contributed by atoms with Gasteiger partial charge in [0, 0.05) is 0 Å². The number of hydrogen-bond acceptors (Lipinski definition) is 2. The molecule has 18 heavy (non-hydrogen) atoms. The number of rotatable bonds is 2. The Bertz CT molecular complexity index is 447. The monoisotopic (exact) mass is 245 g/mol. The van der Waals surface area contributed by atoms with Crippen molar-refractivity contribution in [2.45, 2.75) is 46.0 Å². The maximum absolute atomic E-state index is 12.3. The van der Waals surface area contributed by atoms with Gasteiger partial charge < -0.3 is 5.32 Å². The number of Topliss-reactive ketones (excluding diaryl/α,β-unsaturated/α-hetero) is 1. The second-order valence-electron chi connectivity index (χ2n) is 5.66. The number of benzene rings is 1. The molecule has 1 saturated heterocycles. The summed E-state index contributed by atoms with van der Waals surface area (Å²) in [6.07, 6.45) is 1.85. The molecule has 0 unspecified atom stereocenters. The van der Waals surface area contributed by atoms with Crippen LogP contribution in [0, 0.1) is 20.8 Å². The van der Waals surface area contributed by atoms with Crippen LogP contribution >= 0.6 is 0 Å². The van der Waals surface area contributed by atoms with Crippen LogP contribution in [0.1, 0.15) is 42.0 Å². The Morgan fingerprint density at radius 2 is 1.61 bits per heavy atom. The maximum Gasteiger partial charge on any atom is 0.140 e. The highest BCUT2D eigenvalue weighted by Gasteiger charge is 2.40. The van der Waals surface area contributed by atoms with E-state index in [4.69, 9.17) is 0 Å². The first-order valence-corrected chi connectivity index (χ1v) is 6.77. The van der Waals surface area contributed by atoms with Crippen molar-refractivity contribution in [3.63, 3.8) is 0 Å². The van der Waals surface area contributed by atoms with E-state index in [9.17, 15) is 4.79 Å². The van der Waals surface area contributed by atoms with Gasteiger partial charge in [0.15, 0.2) is 0 Å². The molecule has 1 aliphatic heterocycles. The Balaban J connectivity index is 2.59. The van der Waals surface area contributed by atoms with Gasteiger partial charge in [0.1, 0.15) is 5.78 Å². The van der Waals surface area contributed by atoms with Crippen molar-refractivity contribution in [3.8, 4) is 0 Å². The summed E-state index contributed by atoms with van der Waals surface area (Å²) < 4.78 is 0. The molecular formula is C16H23NO. The van der Waals surface area contributed by atoms with Gasteiger partial charge in [0.2, 0.25) is 0 Å². The summed E-state index contributed by atoms with van der Waals surface area (Å²) in [7, 11) is 0. The molecule has 1 fully saturated rings. The van der Waals surface area contributed by atoms with Crippen molar-refractivity contribution in [1.29, 1.82) is 0 Å². The molecule has 2 nitrogen and oxygen atoms in total. The van der Waals surface area contributed by atoms with Gasteiger partial charge in [-0.2, -0.15) is 0 Å². The molecule has 0 aromatic heterocycles. The first-order valence-electron chi connectivity index (χ1n) is 6.77. The molecule has 2 rings (SSSR count). The minimum absolute atomic E-state index is 0.257. The average molecular weight is 245 g/mol. The topological polar surface area (TPSA) is 29.1 Å². The normalized spacial score (nSPS) is 18.7. The summed E-state index contributed by atoms with van der Waals surface area (Å²) in [5, 5.41) is 3.36. The molecule has 98 valence electrons. The molecule has 1 aromatic rings. The lowest BCUT2D eigenvalue weighted by molar-refractivity contribution is -0.123. The van der Waals surface area contributed by atoms with Crippen molar-refractivity contribution in [2.75, 3.05) is 13.1 Å². The Labute approximate surface area is 110 Å². The number of carbonyl (C=O) groups is 1. The second kappa shape index (κ2) is 4.85. The lowest BCUT2D eigenvalue weighted by Gasteiger charge is -2.38. The van der Waals surface area contributed by atoms with Gasteiger partial charge in [0.05, 0.1) is 5.41 Å². The van der Waals surface area contributed by atoms with Crippen LogP contribution in [0.3, 0.4) is 0 Å². The fourth-order valence-electron chi connectivity index (χ4n) is 3.57. The van der Waals surface area contributed by atoms with Crippen molar-refractivity contribution < 1.29 is 4.79 Å². The number of hydrogen-bond donors (Lipinski definition) is 1. The highest BCUT2D eigenvalue weighted by Crippen LogP contribution is 2.38. The predicted octanol–water partition coefficient (Wildman–Crippen LogP) is 2.82. The molecule has 1 aromatic carbocycles. The maximum atomic E-state index is 12.3. The largest absolute Gasteiger partial charge is 0.317 e. The van der Waals surface area contributed by atoms with E-state index in [2.05, 4.69) is 38.2 Å². The summed E-state index contributed by atoms with van der Waals surface area (Å²) in [5.74, 6) is 0.319. The lowest BCUT2D eigenvalue weighted by Crippen LogP contribution is -2.45. The zero-order chi connectivity index (χ0) is 13.3. The predicted molar refractivity (Wildman–Crippen MR) is 75.1 cm³/mol. The highest BCUT2D eigenvalue weighted by molar-refractivity contribution is 5.89. The fourth-order valence-corrected chi connectivity index (χ4v) is 3.57. The Morgan fingerprint density at radius 1 is 1.11 bits per heavy atom. The van der Waals surface area contributed by atoms with Gasteiger partial charge in [0.25, 0.3) is 0 Å². The Morgan fingerprint density at radius 3 is 2.06 bits per heavy atom. The van der Waals surface area contributed by atoms with Crippen molar-refractivity contribution in [1.82, 2.24) is 5.32 Å². The number of nitrogens with one attached hydrogen (secondary N) is 1.